The number of rotatable bonds is 1. The van der Waals surface area contributed by atoms with Crippen molar-refractivity contribution in [3.63, 3.8) is 0 Å². The van der Waals surface area contributed by atoms with Crippen molar-refractivity contribution in [3.8, 4) is 0 Å². The summed E-state index contributed by atoms with van der Waals surface area (Å²) in [5.41, 5.74) is 5.19. The second-order valence-corrected chi connectivity index (χ2v) is 6.46. The highest BCUT2D eigenvalue weighted by Gasteiger charge is 2.29. The molecule has 0 saturated carbocycles. The quantitative estimate of drug-likeness (QED) is 0.879. The zero-order chi connectivity index (χ0) is 15.1. The van der Waals surface area contributed by atoms with E-state index < -0.39 is 0 Å². The Balaban J connectivity index is 1.58. The Bertz CT molecular complexity index is 713. The molecule has 1 aromatic carbocycles. The van der Waals surface area contributed by atoms with Gasteiger partial charge in [-0.3, -0.25) is 4.79 Å². The van der Waals surface area contributed by atoms with E-state index in [-0.39, 0.29) is 12.0 Å². The van der Waals surface area contributed by atoms with Gasteiger partial charge >= 0.3 is 0 Å². The molecule has 0 bridgehead atoms. The molecular formula is C18H22N2O2. The Morgan fingerprint density at radius 1 is 1.32 bits per heavy atom. The molecule has 0 spiro atoms. The molecule has 2 aliphatic rings. The number of carbonyl (C=O) groups is 1. The minimum atomic E-state index is -0.199. The lowest BCUT2D eigenvalue weighted by atomic mass is 10.1. The Morgan fingerprint density at radius 2 is 2.18 bits per heavy atom. The van der Waals surface area contributed by atoms with Gasteiger partial charge in [0.1, 0.15) is 6.10 Å². The van der Waals surface area contributed by atoms with Crippen molar-refractivity contribution in [2.45, 2.75) is 38.7 Å². The van der Waals surface area contributed by atoms with E-state index in [9.17, 15) is 4.79 Å². The van der Waals surface area contributed by atoms with Crippen LogP contribution in [0.3, 0.4) is 0 Å². The lowest BCUT2D eigenvalue weighted by Gasteiger charge is -2.23. The standard InChI is InChI=1S/C18H22N2O2/c1-12-4-5-15-14(11-12)13-6-8-20(9-7-16(13)19-15)18(21)17-3-2-10-22-17/h4-5,11,17,19H,2-3,6-10H2,1H3. The molecule has 2 aromatic rings. The third kappa shape index (κ3) is 2.31. The summed E-state index contributed by atoms with van der Waals surface area (Å²) in [5, 5.41) is 1.32. The van der Waals surface area contributed by atoms with Gasteiger partial charge in [-0.25, -0.2) is 0 Å². The van der Waals surface area contributed by atoms with Gasteiger partial charge in [-0.15, -0.1) is 0 Å². The Morgan fingerprint density at radius 3 is 3.00 bits per heavy atom. The summed E-state index contributed by atoms with van der Waals surface area (Å²) in [6.07, 6.45) is 3.52. The molecule has 0 aliphatic carbocycles. The van der Waals surface area contributed by atoms with Crippen LogP contribution in [0.2, 0.25) is 0 Å². The van der Waals surface area contributed by atoms with Gasteiger partial charge in [0.15, 0.2) is 0 Å². The topological polar surface area (TPSA) is 45.3 Å². The van der Waals surface area contributed by atoms with E-state index >= 15 is 0 Å². The molecule has 1 fully saturated rings. The van der Waals surface area contributed by atoms with Gasteiger partial charge in [0.25, 0.3) is 5.91 Å². The number of benzene rings is 1. The molecule has 1 amide bonds. The fourth-order valence-electron chi connectivity index (χ4n) is 3.72. The number of carbonyl (C=O) groups excluding carboxylic acids is 1. The van der Waals surface area contributed by atoms with Gasteiger partial charge in [-0.05, 0) is 43.9 Å². The predicted molar refractivity (Wildman–Crippen MR) is 86.0 cm³/mol. The number of nitrogens with zero attached hydrogens (tertiary/aromatic N) is 1. The van der Waals surface area contributed by atoms with E-state index in [1.54, 1.807) is 0 Å². The second kappa shape index (κ2) is 5.43. The molecule has 116 valence electrons. The van der Waals surface area contributed by atoms with Crippen LogP contribution in [0.1, 0.15) is 29.7 Å². The van der Waals surface area contributed by atoms with Crippen molar-refractivity contribution < 1.29 is 9.53 Å². The van der Waals surface area contributed by atoms with Crippen LogP contribution in [-0.2, 0) is 22.4 Å². The highest BCUT2D eigenvalue weighted by molar-refractivity contribution is 5.86. The van der Waals surface area contributed by atoms with Gasteiger partial charge in [-0.2, -0.15) is 0 Å². The minimum Gasteiger partial charge on any atom is -0.368 e. The summed E-state index contributed by atoms with van der Waals surface area (Å²) < 4.78 is 5.55. The van der Waals surface area contributed by atoms with Crippen molar-refractivity contribution in [3.05, 3.63) is 35.0 Å². The van der Waals surface area contributed by atoms with E-state index in [2.05, 4.69) is 30.1 Å². The fourth-order valence-corrected chi connectivity index (χ4v) is 3.72. The third-order valence-electron chi connectivity index (χ3n) is 4.93. The summed E-state index contributed by atoms with van der Waals surface area (Å²) in [6.45, 7) is 4.44. The molecule has 0 radical (unpaired) electrons. The number of hydrogen-bond acceptors (Lipinski definition) is 2. The number of H-pyrrole nitrogens is 1. The zero-order valence-corrected chi connectivity index (χ0v) is 13.0. The van der Waals surface area contributed by atoms with E-state index in [1.807, 2.05) is 4.90 Å². The molecule has 1 atom stereocenters. The molecule has 22 heavy (non-hydrogen) atoms. The Hall–Kier alpha value is -1.81. The number of ether oxygens (including phenoxy) is 1. The summed E-state index contributed by atoms with van der Waals surface area (Å²) in [5.74, 6) is 0.183. The number of nitrogens with one attached hydrogen (secondary N) is 1. The number of aromatic nitrogens is 1. The molecule has 1 aromatic heterocycles. The van der Waals surface area contributed by atoms with Crippen LogP contribution in [0.4, 0.5) is 0 Å². The van der Waals surface area contributed by atoms with Crippen molar-refractivity contribution in [2.24, 2.45) is 0 Å². The maximum absolute atomic E-state index is 12.5. The van der Waals surface area contributed by atoms with E-state index in [4.69, 9.17) is 4.74 Å². The Labute approximate surface area is 130 Å². The molecule has 3 heterocycles. The van der Waals surface area contributed by atoms with Crippen molar-refractivity contribution in [2.75, 3.05) is 19.7 Å². The number of aryl methyl sites for hydroxylation is 1. The third-order valence-corrected chi connectivity index (χ3v) is 4.93. The number of fused-ring (bicyclic) bond motifs is 3. The average molecular weight is 298 g/mol. The first-order valence-corrected chi connectivity index (χ1v) is 8.23. The first-order valence-electron chi connectivity index (χ1n) is 8.23. The van der Waals surface area contributed by atoms with Crippen LogP contribution in [-0.4, -0.2) is 41.6 Å². The summed E-state index contributed by atoms with van der Waals surface area (Å²) in [4.78, 5) is 18.1. The van der Waals surface area contributed by atoms with Gasteiger partial charge < -0.3 is 14.6 Å². The maximum Gasteiger partial charge on any atom is 0.251 e. The normalized spacial score (nSPS) is 21.9. The maximum atomic E-state index is 12.5. The molecule has 4 rings (SSSR count). The molecule has 4 heteroatoms. The van der Waals surface area contributed by atoms with E-state index in [0.717, 1.165) is 45.4 Å². The van der Waals surface area contributed by atoms with Crippen molar-refractivity contribution in [1.82, 2.24) is 9.88 Å². The SMILES string of the molecule is Cc1ccc2[nH]c3c(c2c1)CCN(C(=O)C1CCCO1)CC3. The monoisotopic (exact) mass is 298 g/mol. The predicted octanol–water partition coefficient (Wildman–Crippen LogP) is 2.58. The fraction of sp³-hybridized carbons (Fsp3) is 0.500. The van der Waals surface area contributed by atoms with E-state index in [0.29, 0.717) is 0 Å². The van der Waals surface area contributed by atoms with Gasteiger partial charge in [-0.1, -0.05) is 11.6 Å². The summed E-state index contributed by atoms with van der Waals surface area (Å²) in [7, 11) is 0. The minimum absolute atomic E-state index is 0.183. The van der Waals surface area contributed by atoms with Crippen LogP contribution in [0.25, 0.3) is 10.9 Å². The number of hydrogen-bond donors (Lipinski definition) is 1. The largest absolute Gasteiger partial charge is 0.368 e. The van der Waals surface area contributed by atoms with Crippen LogP contribution >= 0.6 is 0 Å². The first kappa shape index (κ1) is 13.8. The number of aromatic amines is 1. The Kier molecular flexibility index (Phi) is 3.41. The highest BCUT2D eigenvalue weighted by atomic mass is 16.5. The summed E-state index contributed by atoms with van der Waals surface area (Å²) >= 11 is 0. The number of amides is 1. The molecule has 1 saturated heterocycles. The van der Waals surface area contributed by atoms with Crippen LogP contribution in [0, 0.1) is 6.92 Å². The smallest absolute Gasteiger partial charge is 0.251 e. The molecule has 1 N–H and O–H groups in total. The molecular weight excluding hydrogens is 276 g/mol. The highest BCUT2D eigenvalue weighted by Crippen LogP contribution is 2.27. The molecule has 1 unspecified atom stereocenters. The van der Waals surface area contributed by atoms with E-state index in [1.165, 1.54) is 27.7 Å². The van der Waals surface area contributed by atoms with Gasteiger partial charge in [0.2, 0.25) is 0 Å². The van der Waals surface area contributed by atoms with Crippen molar-refractivity contribution >= 4 is 16.8 Å². The lowest BCUT2D eigenvalue weighted by Crippen LogP contribution is -2.40. The summed E-state index contributed by atoms with van der Waals surface area (Å²) in [6, 6.07) is 6.56. The first-order chi connectivity index (χ1) is 10.7. The lowest BCUT2D eigenvalue weighted by molar-refractivity contribution is -0.140. The van der Waals surface area contributed by atoms with Crippen LogP contribution in [0.5, 0.6) is 0 Å². The molecule has 2 aliphatic heterocycles. The van der Waals surface area contributed by atoms with Crippen LogP contribution in [0.15, 0.2) is 18.2 Å². The van der Waals surface area contributed by atoms with Crippen LogP contribution < -0.4 is 0 Å². The van der Waals surface area contributed by atoms with Crippen molar-refractivity contribution in [1.29, 1.82) is 0 Å². The zero-order valence-electron chi connectivity index (χ0n) is 13.0. The van der Waals surface area contributed by atoms with Gasteiger partial charge in [0.05, 0.1) is 0 Å². The van der Waals surface area contributed by atoms with Gasteiger partial charge in [0, 0.05) is 42.7 Å². The average Bonchev–Trinajstić information content (AvgIpc) is 3.10. The molecule has 4 nitrogen and oxygen atoms in total. The second-order valence-electron chi connectivity index (χ2n) is 6.46.